The lowest BCUT2D eigenvalue weighted by atomic mass is 9.69. The molecule has 164 valence electrons. The van der Waals surface area contributed by atoms with Crippen molar-refractivity contribution in [2.24, 2.45) is 17.8 Å². The van der Waals surface area contributed by atoms with E-state index in [-0.39, 0.29) is 29.8 Å². The molecule has 1 heterocycles. The highest BCUT2D eigenvalue weighted by Crippen LogP contribution is 2.42. The number of amides is 2. The highest BCUT2D eigenvalue weighted by atomic mass is 35.5. The summed E-state index contributed by atoms with van der Waals surface area (Å²) in [4.78, 5) is 27.8. The van der Waals surface area contributed by atoms with E-state index in [9.17, 15) is 14.7 Å². The Bertz CT molecular complexity index is 586. The molecule has 6 nitrogen and oxygen atoms in total. The molecule has 2 N–H and O–H groups in total. The van der Waals surface area contributed by atoms with Gasteiger partial charge < -0.3 is 20.2 Å². The van der Waals surface area contributed by atoms with E-state index in [1.807, 2.05) is 0 Å². The second-order valence-electron chi connectivity index (χ2n) is 9.14. The van der Waals surface area contributed by atoms with Crippen LogP contribution in [0, 0.1) is 17.8 Å². The predicted molar refractivity (Wildman–Crippen MR) is 115 cm³/mol. The van der Waals surface area contributed by atoms with Crippen molar-refractivity contribution in [2.45, 2.75) is 63.0 Å². The summed E-state index contributed by atoms with van der Waals surface area (Å²) in [6.07, 6.45) is 7.22. The molecule has 4 atom stereocenters. The van der Waals surface area contributed by atoms with E-state index < -0.39 is 6.10 Å². The number of carbonyl (C=O) groups excluding carboxylic acids is 2. The number of piperazine rings is 1. The zero-order chi connectivity index (χ0) is 21.0. The molecule has 0 spiro atoms. The van der Waals surface area contributed by atoms with Gasteiger partial charge in [0.25, 0.3) is 0 Å². The number of carbonyl (C=O) groups is 2. The van der Waals surface area contributed by atoms with Crippen molar-refractivity contribution in [3.63, 3.8) is 0 Å². The van der Waals surface area contributed by atoms with Gasteiger partial charge in [0.1, 0.15) is 0 Å². The third-order valence-corrected chi connectivity index (χ3v) is 7.72. The molecule has 2 saturated carbocycles. The molecule has 0 aromatic heterocycles. The molecule has 0 bridgehead atoms. The second-order valence-corrected chi connectivity index (χ2v) is 9.70. The number of alkyl halides is 1. The Kier molecular flexibility index (Phi) is 7.99. The Hall–Kier alpha value is -1.11. The highest BCUT2D eigenvalue weighted by molar-refractivity contribution is 6.20. The third kappa shape index (κ3) is 5.74. The van der Waals surface area contributed by atoms with Gasteiger partial charge in [0.2, 0.25) is 11.8 Å². The minimum Gasteiger partial charge on any atom is -0.391 e. The Morgan fingerprint density at radius 1 is 1.10 bits per heavy atom. The first-order valence-corrected chi connectivity index (χ1v) is 11.6. The Morgan fingerprint density at radius 3 is 2.34 bits per heavy atom. The first-order valence-electron chi connectivity index (χ1n) is 11.1. The molecule has 1 aliphatic heterocycles. The van der Waals surface area contributed by atoms with Crippen molar-refractivity contribution < 1.29 is 14.7 Å². The van der Waals surface area contributed by atoms with Crippen LogP contribution in [0.1, 0.15) is 45.4 Å². The van der Waals surface area contributed by atoms with Crippen molar-refractivity contribution in [2.75, 3.05) is 32.7 Å². The summed E-state index contributed by atoms with van der Waals surface area (Å²) in [5, 5.41) is 13.9. The maximum atomic E-state index is 12.6. The van der Waals surface area contributed by atoms with Gasteiger partial charge in [-0.05, 0) is 49.5 Å². The van der Waals surface area contributed by atoms with Crippen LogP contribution in [-0.2, 0) is 9.59 Å². The van der Waals surface area contributed by atoms with Crippen molar-refractivity contribution in [1.82, 2.24) is 15.1 Å². The lowest BCUT2D eigenvalue weighted by Gasteiger charge is -2.43. The van der Waals surface area contributed by atoms with Crippen molar-refractivity contribution in [3.05, 3.63) is 12.7 Å². The van der Waals surface area contributed by atoms with E-state index in [2.05, 4.69) is 18.8 Å². The summed E-state index contributed by atoms with van der Waals surface area (Å²) < 4.78 is 0. The monoisotopic (exact) mass is 425 g/mol. The lowest BCUT2D eigenvalue weighted by molar-refractivity contribution is -0.136. The van der Waals surface area contributed by atoms with Gasteiger partial charge in [-0.3, -0.25) is 9.59 Å². The molecule has 0 aromatic rings. The molecule has 2 aliphatic carbocycles. The molecule has 0 radical (unpaired) electrons. The maximum absolute atomic E-state index is 12.6. The van der Waals surface area contributed by atoms with E-state index in [1.165, 1.54) is 31.8 Å². The Labute approximate surface area is 179 Å². The predicted octanol–water partition coefficient (Wildman–Crippen LogP) is 2.01. The number of hydrogen-bond donors (Lipinski definition) is 2. The molecule has 1 saturated heterocycles. The van der Waals surface area contributed by atoms with Gasteiger partial charge >= 0.3 is 0 Å². The normalized spacial score (nSPS) is 36.0. The highest BCUT2D eigenvalue weighted by Gasteiger charge is 2.40. The number of aliphatic hydroxyl groups is 1. The SMILES string of the molecule is C=CC(=O)N1CCN(C(=O)CNC2CC(C3CCC(C)CC3)C(Cl)CC2O)CC1. The lowest BCUT2D eigenvalue weighted by Crippen LogP contribution is -2.55. The number of aliphatic hydroxyl groups excluding tert-OH is 1. The van der Waals surface area contributed by atoms with Crippen LogP contribution in [0.2, 0.25) is 0 Å². The van der Waals surface area contributed by atoms with Crippen LogP contribution < -0.4 is 5.32 Å². The van der Waals surface area contributed by atoms with E-state index in [4.69, 9.17) is 11.6 Å². The van der Waals surface area contributed by atoms with Gasteiger partial charge in [-0.1, -0.05) is 26.3 Å². The Balaban J connectivity index is 1.47. The zero-order valence-electron chi connectivity index (χ0n) is 17.6. The standard InChI is InChI=1S/C22H36ClN3O3/c1-3-21(28)25-8-10-26(11-9-25)22(29)14-24-19-12-17(18(23)13-20(19)27)16-6-4-15(2)5-7-16/h3,15-20,24,27H,1,4-14H2,2H3. The number of hydrogen-bond acceptors (Lipinski definition) is 4. The molecule has 2 amide bonds. The second kappa shape index (κ2) is 10.3. The summed E-state index contributed by atoms with van der Waals surface area (Å²) >= 11 is 6.65. The molecular weight excluding hydrogens is 390 g/mol. The average molecular weight is 426 g/mol. The first kappa shape index (κ1) is 22.6. The molecule has 3 fully saturated rings. The number of nitrogens with one attached hydrogen (secondary N) is 1. The van der Waals surface area contributed by atoms with Crippen molar-refractivity contribution >= 4 is 23.4 Å². The summed E-state index contributed by atoms with van der Waals surface area (Å²) in [6, 6.07) is -0.0815. The zero-order valence-corrected chi connectivity index (χ0v) is 18.3. The largest absolute Gasteiger partial charge is 0.391 e. The minimum absolute atomic E-state index is 0.0210. The molecule has 7 heteroatoms. The minimum atomic E-state index is -0.508. The molecular formula is C22H36ClN3O3. The van der Waals surface area contributed by atoms with Gasteiger partial charge in [-0.15, -0.1) is 11.6 Å². The van der Waals surface area contributed by atoms with Crippen molar-refractivity contribution in [3.8, 4) is 0 Å². The molecule has 4 unspecified atom stereocenters. The van der Waals surface area contributed by atoms with E-state index >= 15 is 0 Å². The number of halogens is 1. The summed E-state index contributed by atoms with van der Waals surface area (Å²) in [5.41, 5.74) is 0. The summed E-state index contributed by atoms with van der Waals surface area (Å²) in [5.74, 6) is 1.80. The van der Waals surface area contributed by atoms with Crippen LogP contribution in [0.15, 0.2) is 12.7 Å². The molecule has 29 heavy (non-hydrogen) atoms. The topological polar surface area (TPSA) is 72.9 Å². The van der Waals surface area contributed by atoms with Crippen molar-refractivity contribution in [1.29, 1.82) is 0 Å². The van der Waals surface area contributed by atoms with Gasteiger partial charge in [-0.25, -0.2) is 0 Å². The fourth-order valence-electron chi connectivity index (χ4n) is 5.22. The van der Waals surface area contributed by atoms with Gasteiger partial charge in [-0.2, -0.15) is 0 Å². The van der Waals surface area contributed by atoms with Crippen LogP contribution in [0.4, 0.5) is 0 Å². The average Bonchev–Trinajstić information content (AvgIpc) is 2.73. The fourth-order valence-corrected chi connectivity index (χ4v) is 5.72. The number of nitrogens with zero attached hydrogens (tertiary/aromatic N) is 2. The number of rotatable bonds is 5. The maximum Gasteiger partial charge on any atom is 0.246 e. The van der Waals surface area contributed by atoms with Crippen LogP contribution in [0.3, 0.4) is 0 Å². The molecule has 3 rings (SSSR count). The summed E-state index contributed by atoms with van der Waals surface area (Å²) in [6.45, 7) is 8.22. The van der Waals surface area contributed by atoms with Gasteiger partial charge in [0.15, 0.2) is 0 Å². The molecule has 3 aliphatic rings. The Morgan fingerprint density at radius 2 is 1.72 bits per heavy atom. The smallest absolute Gasteiger partial charge is 0.246 e. The van der Waals surface area contributed by atoms with Gasteiger partial charge in [0, 0.05) is 37.6 Å². The first-order chi connectivity index (χ1) is 13.9. The summed E-state index contributed by atoms with van der Waals surface area (Å²) in [7, 11) is 0. The van der Waals surface area contributed by atoms with Crippen LogP contribution in [0.25, 0.3) is 0 Å². The van der Waals surface area contributed by atoms with Crippen LogP contribution in [0.5, 0.6) is 0 Å². The van der Waals surface area contributed by atoms with E-state index in [0.29, 0.717) is 44.4 Å². The van der Waals surface area contributed by atoms with Crippen LogP contribution in [-0.4, -0.2) is 77.0 Å². The van der Waals surface area contributed by atoms with E-state index in [1.54, 1.807) is 9.80 Å². The van der Waals surface area contributed by atoms with Crippen LogP contribution >= 0.6 is 11.6 Å². The fraction of sp³-hybridized carbons (Fsp3) is 0.818. The van der Waals surface area contributed by atoms with Gasteiger partial charge in [0.05, 0.1) is 12.6 Å². The third-order valence-electron chi connectivity index (χ3n) is 7.22. The quantitative estimate of drug-likeness (QED) is 0.522. The molecule has 0 aromatic carbocycles. The van der Waals surface area contributed by atoms with E-state index in [0.717, 1.165) is 12.3 Å².